The van der Waals surface area contributed by atoms with E-state index in [4.69, 9.17) is 5.73 Å². The van der Waals surface area contributed by atoms with E-state index in [1.165, 1.54) is 0 Å². The highest BCUT2D eigenvalue weighted by Crippen LogP contribution is 2.24. The quantitative estimate of drug-likeness (QED) is 0.677. The number of nitrogens with two attached hydrogens (primary N) is 1. The molecule has 2 unspecified atom stereocenters. The molecule has 0 aliphatic carbocycles. The first-order valence-corrected chi connectivity index (χ1v) is 5.47. The minimum absolute atomic E-state index is 0.00167. The van der Waals surface area contributed by atoms with Gasteiger partial charge in [0.25, 0.3) is 0 Å². The average Bonchev–Trinajstić information content (AvgIpc) is 2.32. The van der Waals surface area contributed by atoms with Gasteiger partial charge in [-0.25, -0.2) is 0 Å². The van der Waals surface area contributed by atoms with E-state index in [1.54, 1.807) is 0 Å². The highest BCUT2D eigenvalue weighted by Gasteiger charge is 2.27. The van der Waals surface area contributed by atoms with Crippen LogP contribution in [0.5, 0.6) is 0 Å². The maximum atomic E-state index is 11.3. The highest BCUT2D eigenvalue weighted by atomic mass is 16.3. The number of hydrogen-bond donors (Lipinski definition) is 3. The van der Waals surface area contributed by atoms with Crippen LogP contribution in [-0.2, 0) is 11.3 Å². The molecule has 1 fully saturated rings. The summed E-state index contributed by atoms with van der Waals surface area (Å²) in [5.41, 5.74) is 7.48. The Balaban J connectivity index is 2.18. The number of aliphatic hydroxyl groups is 1. The lowest BCUT2D eigenvalue weighted by atomic mass is 9.94. The van der Waals surface area contributed by atoms with E-state index in [2.05, 4.69) is 5.32 Å². The van der Waals surface area contributed by atoms with Gasteiger partial charge in [-0.2, -0.15) is 0 Å². The zero-order chi connectivity index (χ0) is 11.5. The van der Waals surface area contributed by atoms with Gasteiger partial charge in [-0.15, -0.1) is 0 Å². The summed E-state index contributed by atoms with van der Waals surface area (Å²) >= 11 is 0. The van der Waals surface area contributed by atoms with E-state index in [-0.39, 0.29) is 11.9 Å². The summed E-state index contributed by atoms with van der Waals surface area (Å²) in [4.78, 5) is 11.3. The van der Waals surface area contributed by atoms with Crippen molar-refractivity contribution in [3.63, 3.8) is 0 Å². The second kappa shape index (κ2) is 4.63. The first-order chi connectivity index (χ1) is 7.70. The van der Waals surface area contributed by atoms with Gasteiger partial charge < -0.3 is 16.2 Å². The Kier molecular flexibility index (Phi) is 3.22. The van der Waals surface area contributed by atoms with Gasteiger partial charge in [0.2, 0.25) is 5.91 Å². The van der Waals surface area contributed by atoms with E-state index in [1.807, 2.05) is 24.3 Å². The Morgan fingerprint density at radius 2 is 2.06 bits per heavy atom. The van der Waals surface area contributed by atoms with Gasteiger partial charge >= 0.3 is 0 Å². The molecule has 1 aromatic rings. The van der Waals surface area contributed by atoms with Crippen molar-refractivity contribution in [2.24, 2.45) is 5.73 Å². The monoisotopic (exact) mass is 220 g/mol. The lowest BCUT2D eigenvalue weighted by Gasteiger charge is -2.29. The smallest absolute Gasteiger partial charge is 0.220 e. The number of hydrogen-bond acceptors (Lipinski definition) is 3. The molecule has 2 rings (SSSR count). The summed E-state index contributed by atoms with van der Waals surface area (Å²) in [6.45, 7) is 0.500. The molecule has 0 spiro atoms. The molecule has 0 bridgehead atoms. The first kappa shape index (κ1) is 11.1. The number of aliphatic hydroxyl groups excluding tert-OH is 1. The average molecular weight is 220 g/mol. The van der Waals surface area contributed by atoms with E-state index in [0.717, 1.165) is 11.1 Å². The van der Waals surface area contributed by atoms with Crippen molar-refractivity contribution >= 4 is 5.91 Å². The zero-order valence-electron chi connectivity index (χ0n) is 9.02. The molecule has 16 heavy (non-hydrogen) atoms. The second-order valence-corrected chi connectivity index (χ2v) is 4.10. The third-order valence-corrected chi connectivity index (χ3v) is 2.94. The van der Waals surface area contributed by atoms with Crippen LogP contribution < -0.4 is 11.1 Å². The van der Waals surface area contributed by atoms with Crippen LogP contribution in [0.3, 0.4) is 0 Å². The number of carbonyl (C=O) groups excluding carboxylic acids is 1. The van der Waals surface area contributed by atoms with Crippen molar-refractivity contribution in [1.29, 1.82) is 0 Å². The number of benzene rings is 1. The Morgan fingerprint density at radius 3 is 2.69 bits per heavy atom. The Morgan fingerprint density at radius 1 is 1.38 bits per heavy atom. The van der Waals surface area contributed by atoms with Crippen molar-refractivity contribution in [2.45, 2.75) is 31.5 Å². The topological polar surface area (TPSA) is 75.3 Å². The third-order valence-electron chi connectivity index (χ3n) is 2.94. The largest absolute Gasteiger partial charge is 0.391 e. The van der Waals surface area contributed by atoms with Gasteiger partial charge in [-0.05, 0) is 17.5 Å². The van der Waals surface area contributed by atoms with E-state index in [9.17, 15) is 9.90 Å². The number of piperidine rings is 1. The standard InChI is InChI=1S/C12H16N2O2/c13-7-8-1-3-9(4-2-8)12-10(15)5-6-11(16)14-12/h1-4,10,12,15H,5-7,13H2,(H,14,16). The molecule has 1 aliphatic rings. The minimum atomic E-state index is -0.499. The van der Waals surface area contributed by atoms with Crippen LogP contribution in [0, 0.1) is 0 Å². The predicted molar refractivity (Wildman–Crippen MR) is 60.5 cm³/mol. The Labute approximate surface area is 94.5 Å². The zero-order valence-corrected chi connectivity index (χ0v) is 9.02. The van der Waals surface area contributed by atoms with Crippen molar-refractivity contribution in [3.8, 4) is 0 Å². The van der Waals surface area contributed by atoms with Crippen molar-refractivity contribution < 1.29 is 9.90 Å². The maximum absolute atomic E-state index is 11.3. The van der Waals surface area contributed by atoms with Crippen LogP contribution in [0.15, 0.2) is 24.3 Å². The summed E-state index contributed by atoms with van der Waals surface area (Å²) in [6, 6.07) is 7.36. The summed E-state index contributed by atoms with van der Waals surface area (Å²) in [6.07, 6.45) is 0.426. The van der Waals surface area contributed by atoms with E-state index < -0.39 is 6.10 Å². The van der Waals surface area contributed by atoms with Crippen LogP contribution in [0.4, 0.5) is 0 Å². The summed E-state index contributed by atoms with van der Waals surface area (Å²) < 4.78 is 0. The summed E-state index contributed by atoms with van der Waals surface area (Å²) in [5, 5.41) is 12.6. The Hall–Kier alpha value is -1.39. The molecule has 2 atom stereocenters. The lowest BCUT2D eigenvalue weighted by molar-refractivity contribution is -0.126. The van der Waals surface area contributed by atoms with Crippen molar-refractivity contribution in [2.75, 3.05) is 0 Å². The molecular weight excluding hydrogens is 204 g/mol. The Bertz CT molecular complexity index is 375. The van der Waals surface area contributed by atoms with Crippen molar-refractivity contribution in [1.82, 2.24) is 5.32 Å². The van der Waals surface area contributed by atoms with Gasteiger partial charge in [0, 0.05) is 13.0 Å². The van der Waals surface area contributed by atoms with Gasteiger partial charge in [-0.1, -0.05) is 24.3 Å². The van der Waals surface area contributed by atoms with Gasteiger partial charge in [0.1, 0.15) is 0 Å². The van der Waals surface area contributed by atoms with E-state index in [0.29, 0.717) is 19.4 Å². The predicted octanol–water partition coefficient (Wildman–Crippen LogP) is 0.457. The van der Waals surface area contributed by atoms with Gasteiger partial charge in [-0.3, -0.25) is 4.79 Å². The van der Waals surface area contributed by atoms with Crippen LogP contribution in [-0.4, -0.2) is 17.1 Å². The minimum Gasteiger partial charge on any atom is -0.391 e. The third kappa shape index (κ3) is 2.23. The molecule has 0 radical (unpaired) electrons. The molecule has 1 saturated heterocycles. The number of carbonyl (C=O) groups is 1. The molecule has 86 valence electrons. The molecule has 1 heterocycles. The fraction of sp³-hybridized carbons (Fsp3) is 0.417. The number of nitrogens with one attached hydrogen (secondary N) is 1. The van der Waals surface area contributed by atoms with Gasteiger partial charge in [0.05, 0.1) is 12.1 Å². The highest BCUT2D eigenvalue weighted by molar-refractivity contribution is 5.77. The van der Waals surface area contributed by atoms with Crippen LogP contribution in [0.25, 0.3) is 0 Å². The summed E-state index contributed by atoms with van der Waals surface area (Å²) in [5.74, 6) is -0.00167. The molecule has 1 aromatic carbocycles. The number of rotatable bonds is 2. The molecule has 0 saturated carbocycles. The molecule has 1 amide bonds. The van der Waals surface area contributed by atoms with Crippen molar-refractivity contribution in [3.05, 3.63) is 35.4 Å². The molecule has 4 N–H and O–H groups in total. The lowest BCUT2D eigenvalue weighted by Crippen LogP contribution is -2.41. The molecule has 1 aliphatic heterocycles. The van der Waals surface area contributed by atoms with Gasteiger partial charge in [0.15, 0.2) is 0 Å². The van der Waals surface area contributed by atoms with Crippen LogP contribution in [0.2, 0.25) is 0 Å². The van der Waals surface area contributed by atoms with Crippen LogP contribution in [0.1, 0.15) is 30.0 Å². The molecular formula is C12H16N2O2. The summed E-state index contributed by atoms with van der Waals surface area (Å²) in [7, 11) is 0. The molecule has 4 nitrogen and oxygen atoms in total. The molecule has 4 heteroatoms. The van der Waals surface area contributed by atoms with E-state index >= 15 is 0 Å². The fourth-order valence-corrected chi connectivity index (χ4v) is 1.95. The second-order valence-electron chi connectivity index (χ2n) is 4.10. The number of amides is 1. The normalized spacial score (nSPS) is 25.2. The molecule has 0 aromatic heterocycles. The SMILES string of the molecule is NCc1ccc(C2NC(=O)CCC2O)cc1. The maximum Gasteiger partial charge on any atom is 0.220 e. The van der Waals surface area contributed by atoms with Crippen LogP contribution >= 0.6 is 0 Å². The fourth-order valence-electron chi connectivity index (χ4n) is 1.95. The first-order valence-electron chi connectivity index (χ1n) is 5.47.